The van der Waals surface area contributed by atoms with Gasteiger partial charge < -0.3 is 0 Å². The van der Waals surface area contributed by atoms with Gasteiger partial charge in [0.15, 0.2) is 0 Å². The summed E-state index contributed by atoms with van der Waals surface area (Å²) in [4.78, 5) is 3.46. The van der Waals surface area contributed by atoms with Crippen molar-refractivity contribution in [3.63, 3.8) is 0 Å². The highest BCUT2D eigenvalue weighted by molar-refractivity contribution is 5.06. The quantitative estimate of drug-likeness (QED) is 0.833. The van der Waals surface area contributed by atoms with Crippen LogP contribution in [0.1, 0.15) is 20.8 Å². The minimum atomic E-state index is -4.14. The summed E-state index contributed by atoms with van der Waals surface area (Å²) in [6.07, 6.45) is -4.14. The third-order valence-electron chi connectivity index (χ3n) is 3.26. The third-order valence-corrected chi connectivity index (χ3v) is 3.26. The molecule has 0 amide bonds. The van der Waals surface area contributed by atoms with Crippen molar-refractivity contribution in [2.45, 2.75) is 38.5 Å². The molecule has 116 valence electrons. The van der Waals surface area contributed by atoms with Crippen LogP contribution in [-0.2, 0) is 0 Å². The first kappa shape index (κ1) is 17.2. The fourth-order valence-corrected chi connectivity index (χ4v) is 2.56. The maximum absolute atomic E-state index is 12.3. The second-order valence-corrected chi connectivity index (χ2v) is 5.91. The molecule has 1 aliphatic rings. The van der Waals surface area contributed by atoms with Crippen LogP contribution in [0.2, 0.25) is 0 Å². The minimum Gasteiger partial charge on any atom is -0.298 e. The molecule has 0 aromatic carbocycles. The molecular weight excluding hydrogens is 269 g/mol. The highest BCUT2D eigenvalue weighted by Gasteiger charge is 2.34. The van der Waals surface area contributed by atoms with Crippen molar-refractivity contribution in [1.29, 1.82) is 5.26 Å². The largest absolute Gasteiger partial charge is 0.401 e. The maximum atomic E-state index is 12.3. The molecule has 1 N–H and O–H groups in total. The summed E-state index contributed by atoms with van der Waals surface area (Å²) < 4.78 is 36.9. The van der Waals surface area contributed by atoms with E-state index in [1.165, 1.54) is 4.90 Å². The van der Waals surface area contributed by atoms with Gasteiger partial charge in [-0.05, 0) is 20.8 Å². The normalized spacial score (nSPS) is 21.7. The minimum absolute atomic E-state index is 0.186. The number of nitrogens with zero attached hydrogens (tertiary/aromatic N) is 3. The topological polar surface area (TPSA) is 42.3 Å². The van der Waals surface area contributed by atoms with Gasteiger partial charge in [-0.3, -0.25) is 15.1 Å². The molecule has 0 radical (unpaired) electrons. The van der Waals surface area contributed by atoms with Crippen molar-refractivity contribution in [2.75, 3.05) is 39.3 Å². The lowest BCUT2D eigenvalue weighted by atomic mass is 10.0. The molecule has 1 unspecified atom stereocenters. The Morgan fingerprint density at radius 2 is 1.55 bits per heavy atom. The Labute approximate surface area is 118 Å². The van der Waals surface area contributed by atoms with Gasteiger partial charge >= 0.3 is 6.18 Å². The number of hydrogen-bond donors (Lipinski definition) is 1. The van der Waals surface area contributed by atoms with Gasteiger partial charge in [-0.25, -0.2) is 0 Å². The van der Waals surface area contributed by atoms with Crippen LogP contribution in [0.25, 0.3) is 0 Å². The molecule has 1 fully saturated rings. The summed E-state index contributed by atoms with van der Waals surface area (Å²) in [6, 6.07) is 2.45. The number of hydrogen-bond acceptors (Lipinski definition) is 4. The van der Waals surface area contributed by atoms with Gasteiger partial charge in [0.1, 0.15) is 5.54 Å². The van der Waals surface area contributed by atoms with E-state index in [2.05, 4.69) is 11.4 Å². The molecule has 1 rings (SSSR count). The Morgan fingerprint density at radius 1 is 1.10 bits per heavy atom. The molecule has 0 aromatic heterocycles. The van der Waals surface area contributed by atoms with Gasteiger partial charge in [0.05, 0.1) is 12.6 Å². The number of nitrogens with one attached hydrogen (secondary N) is 1. The molecule has 1 saturated heterocycles. The zero-order chi connectivity index (χ0) is 15.4. The molecule has 7 heteroatoms. The van der Waals surface area contributed by atoms with Crippen LogP contribution >= 0.6 is 0 Å². The molecule has 0 saturated carbocycles. The zero-order valence-corrected chi connectivity index (χ0v) is 12.3. The van der Waals surface area contributed by atoms with Gasteiger partial charge in [0.25, 0.3) is 0 Å². The average Bonchev–Trinajstić information content (AvgIpc) is 2.29. The summed E-state index contributed by atoms with van der Waals surface area (Å²) >= 11 is 0. The van der Waals surface area contributed by atoms with Crippen LogP contribution in [0.3, 0.4) is 0 Å². The summed E-state index contributed by atoms with van der Waals surface area (Å²) in [6.45, 7) is 7.36. The summed E-state index contributed by atoms with van der Waals surface area (Å²) in [5, 5.41) is 12.5. The van der Waals surface area contributed by atoms with Crippen molar-refractivity contribution >= 4 is 0 Å². The molecule has 1 heterocycles. The van der Waals surface area contributed by atoms with Crippen LogP contribution in [0, 0.1) is 11.3 Å². The van der Waals surface area contributed by atoms with E-state index in [1.807, 2.05) is 25.7 Å². The van der Waals surface area contributed by atoms with E-state index in [0.717, 1.165) is 0 Å². The second-order valence-electron chi connectivity index (χ2n) is 5.91. The van der Waals surface area contributed by atoms with E-state index in [9.17, 15) is 18.4 Å². The molecule has 1 atom stereocenters. The van der Waals surface area contributed by atoms with E-state index in [-0.39, 0.29) is 6.04 Å². The monoisotopic (exact) mass is 292 g/mol. The molecule has 0 spiro atoms. The first-order valence-corrected chi connectivity index (χ1v) is 6.84. The predicted octanol–water partition coefficient (Wildman–Crippen LogP) is 1.45. The number of nitriles is 1. The van der Waals surface area contributed by atoms with E-state index in [1.54, 1.807) is 0 Å². The summed E-state index contributed by atoms with van der Waals surface area (Å²) in [7, 11) is 0. The first-order valence-electron chi connectivity index (χ1n) is 6.84. The Hall–Kier alpha value is -0.840. The number of piperazine rings is 1. The lowest BCUT2D eigenvalue weighted by Gasteiger charge is -2.38. The highest BCUT2D eigenvalue weighted by atomic mass is 19.4. The van der Waals surface area contributed by atoms with Crippen molar-refractivity contribution in [2.24, 2.45) is 0 Å². The smallest absolute Gasteiger partial charge is 0.298 e. The van der Waals surface area contributed by atoms with Gasteiger partial charge in [0, 0.05) is 38.8 Å². The number of rotatable bonds is 5. The molecule has 1 aliphatic heterocycles. The summed E-state index contributed by atoms with van der Waals surface area (Å²) in [5.41, 5.74) is -0.666. The molecule has 0 aromatic rings. The zero-order valence-electron chi connectivity index (χ0n) is 12.3. The second kappa shape index (κ2) is 6.74. The van der Waals surface area contributed by atoms with Crippen molar-refractivity contribution in [1.82, 2.24) is 15.1 Å². The lowest BCUT2D eigenvalue weighted by molar-refractivity contribution is -0.149. The lowest BCUT2D eigenvalue weighted by Crippen LogP contribution is -2.57. The maximum Gasteiger partial charge on any atom is 0.401 e. The Balaban J connectivity index is 2.44. The van der Waals surface area contributed by atoms with Crippen LogP contribution in [0.4, 0.5) is 13.2 Å². The van der Waals surface area contributed by atoms with Crippen LogP contribution < -0.4 is 5.32 Å². The fourth-order valence-electron chi connectivity index (χ4n) is 2.56. The Kier molecular flexibility index (Phi) is 5.80. The Bertz CT molecular complexity index is 343. The van der Waals surface area contributed by atoms with Crippen LogP contribution in [-0.4, -0.2) is 66.8 Å². The fraction of sp³-hybridized carbons (Fsp3) is 0.923. The van der Waals surface area contributed by atoms with E-state index in [4.69, 9.17) is 0 Å². The predicted molar refractivity (Wildman–Crippen MR) is 71.2 cm³/mol. The number of halogens is 3. The molecule has 0 bridgehead atoms. The van der Waals surface area contributed by atoms with E-state index >= 15 is 0 Å². The third kappa shape index (κ3) is 6.07. The SMILES string of the molecule is CC(C)NC(C)(C#N)CN1CCN(CC(F)(F)F)CC1. The van der Waals surface area contributed by atoms with Gasteiger partial charge in [-0.2, -0.15) is 18.4 Å². The van der Waals surface area contributed by atoms with E-state index in [0.29, 0.717) is 32.7 Å². The number of alkyl halides is 3. The van der Waals surface area contributed by atoms with E-state index < -0.39 is 18.3 Å². The van der Waals surface area contributed by atoms with Gasteiger partial charge in [0.2, 0.25) is 0 Å². The van der Waals surface area contributed by atoms with Crippen molar-refractivity contribution < 1.29 is 13.2 Å². The summed E-state index contributed by atoms with van der Waals surface area (Å²) in [5.74, 6) is 0. The van der Waals surface area contributed by atoms with Crippen molar-refractivity contribution in [3.8, 4) is 6.07 Å². The van der Waals surface area contributed by atoms with Crippen LogP contribution in [0.5, 0.6) is 0 Å². The highest BCUT2D eigenvalue weighted by Crippen LogP contribution is 2.18. The van der Waals surface area contributed by atoms with Gasteiger partial charge in [-0.1, -0.05) is 0 Å². The van der Waals surface area contributed by atoms with Crippen LogP contribution in [0.15, 0.2) is 0 Å². The average molecular weight is 292 g/mol. The molecule has 20 heavy (non-hydrogen) atoms. The Morgan fingerprint density at radius 3 is 1.90 bits per heavy atom. The standard InChI is InChI=1S/C13H23F3N4/c1-11(2)18-12(3,8-17)9-19-4-6-20(7-5-19)10-13(14,15)16/h11,18H,4-7,9-10H2,1-3H3. The molecular formula is C13H23F3N4. The first-order chi connectivity index (χ1) is 9.13. The van der Waals surface area contributed by atoms with Crippen molar-refractivity contribution in [3.05, 3.63) is 0 Å². The molecule has 0 aliphatic carbocycles. The van der Waals surface area contributed by atoms with Gasteiger partial charge in [-0.15, -0.1) is 0 Å². The molecule has 4 nitrogen and oxygen atoms in total.